The minimum Gasteiger partial charge on any atom is -0.496 e. The van der Waals surface area contributed by atoms with Crippen molar-refractivity contribution in [2.75, 3.05) is 13.7 Å². The van der Waals surface area contributed by atoms with Gasteiger partial charge in [-0.2, -0.15) is 0 Å². The van der Waals surface area contributed by atoms with Crippen LogP contribution < -0.4 is 4.74 Å². The Morgan fingerprint density at radius 3 is 2.80 bits per heavy atom. The van der Waals surface area contributed by atoms with E-state index in [0.717, 1.165) is 4.47 Å². The summed E-state index contributed by atoms with van der Waals surface area (Å²) in [4.78, 5) is 15.6. The number of methoxy groups -OCH3 is 1. The molecule has 1 aromatic carbocycles. The highest BCUT2D eigenvalue weighted by Gasteiger charge is 2.19. The van der Waals surface area contributed by atoms with Crippen molar-refractivity contribution in [1.29, 1.82) is 0 Å². The van der Waals surface area contributed by atoms with E-state index < -0.39 is 0 Å². The number of benzene rings is 1. The fraction of sp³-hybridized carbons (Fsp3) is 0.267. The van der Waals surface area contributed by atoms with E-state index in [-0.39, 0.29) is 5.91 Å². The SMILES string of the molecule is CCN(Cc1cccs1)C(=O)c1ccc(Br)cc1OC. The van der Waals surface area contributed by atoms with Crippen molar-refractivity contribution in [3.63, 3.8) is 0 Å². The second kappa shape index (κ2) is 6.90. The molecule has 0 spiro atoms. The molecule has 0 saturated carbocycles. The van der Waals surface area contributed by atoms with E-state index in [9.17, 15) is 4.79 Å². The standard InChI is InChI=1S/C15H16BrNO2S/c1-3-17(10-12-5-4-8-20-12)15(18)13-7-6-11(16)9-14(13)19-2/h4-9H,3,10H2,1-2H3. The van der Waals surface area contributed by atoms with Crippen LogP contribution >= 0.6 is 27.3 Å². The maximum atomic E-state index is 12.6. The molecule has 1 amide bonds. The molecule has 1 heterocycles. The summed E-state index contributed by atoms with van der Waals surface area (Å²) in [5.74, 6) is 0.583. The van der Waals surface area contributed by atoms with Gasteiger partial charge in [-0.25, -0.2) is 0 Å². The fourth-order valence-electron chi connectivity index (χ4n) is 1.93. The van der Waals surface area contributed by atoms with Gasteiger partial charge >= 0.3 is 0 Å². The van der Waals surface area contributed by atoms with Crippen molar-refractivity contribution in [3.8, 4) is 5.75 Å². The quantitative estimate of drug-likeness (QED) is 0.806. The zero-order valence-corrected chi connectivity index (χ0v) is 13.8. The van der Waals surface area contributed by atoms with E-state index in [4.69, 9.17) is 4.74 Å². The molecule has 2 rings (SSSR count). The molecule has 1 aromatic heterocycles. The molecular formula is C15H16BrNO2S. The van der Waals surface area contributed by atoms with Gasteiger partial charge < -0.3 is 9.64 Å². The Morgan fingerprint density at radius 1 is 1.40 bits per heavy atom. The van der Waals surface area contributed by atoms with Crippen molar-refractivity contribution in [2.45, 2.75) is 13.5 Å². The Balaban J connectivity index is 2.24. The number of carbonyl (C=O) groups excluding carboxylic acids is 1. The van der Waals surface area contributed by atoms with Crippen LogP contribution in [-0.2, 0) is 6.54 Å². The van der Waals surface area contributed by atoms with Crippen molar-refractivity contribution in [3.05, 3.63) is 50.6 Å². The molecule has 0 unspecified atom stereocenters. The summed E-state index contributed by atoms with van der Waals surface area (Å²) in [5.41, 5.74) is 0.592. The highest BCUT2D eigenvalue weighted by molar-refractivity contribution is 9.10. The van der Waals surface area contributed by atoms with Gasteiger partial charge in [-0.15, -0.1) is 11.3 Å². The van der Waals surface area contributed by atoms with Crippen LogP contribution in [0.4, 0.5) is 0 Å². The van der Waals surface area contributed by atoms with E-state index in [1.807, 2.05) is 41.5 Å². The Labute approximate surface area is 131 Å². The summed E-state index contributed by atoms with van der Waals surface area (Å²) in [6.07, 6.45) is 0. The first-order valence-electron chi connectivity index (χ1n) is 6.31. The first-order valence-corrected chi connectivity index (χ1v) is 7.98. The lowest BCUT2D eigenvalue weighted by atomic mass is 10.1. The van der Waals surface area contributed by atoms with Gasteiger partial charge in [0.15, 0.2) is 0 Å². The molecule has 106 valence electrons. The molecule has 20 heavy (non-hydrogen) atoms. The Morgan fingerprint density at radius 2 is 2.20 bits per heavy atom. The van der Waals surface area contributed by atoms with Crippen molar-refractivity contribution < 1.29 is 9.53 Å². The van der Waals surface area contributed by atoms with Gasteiger partial charge in [-0.1, -0.05) is 22.0 Å². The zero-order chi connectivity index (χ0) is 14.5. The van der Waals surface area contributed by atoms with E-state index in [0.29, 0.717) is 24.4 Å². The summed E-state index contributed by atoms with van der Waals surface area (Å²) in [6.45, 7) is 3.28. The van der Waals surface area contributed by atoms with Gasteiger partial charge in [0.05, 0.1) is 19.2 Å². The number of ether oxygens (including phenoxy) is 1. The molecule has 0 radical (unpaired) electrons. The summed E-state index contributed by atoms with van der Waals surface area (Å²) in [6, 6.07) is 9.50. The predicted octanol–water partition coefficient (Wildman–Crippen LogP) is 4.18. The van der Waals surface area contributed by atoms with Crippen LogP contribution in [0, 0.1) is 0 Å². The molecule has 0 aliphatic carbocycles. The molecule has 0 aliphatic rings. The van der Waals surface area contributed by atoms with Gasteiger partial charge in [0.2, 0.25) is 0 Å². The van der Waals surface area contributed by atoms with Gasteiger partial charge in [0, 0.05) is 15.9 Å². The molecule has 0 N–H and O–H groups in total. The zero-order valence-electron chi connectivity index (χ0n) is 11.4. The van der Waals surface area contributed by atoms with Crippen molar-refractivity contribution in [2.24, 2.45) is 0 Å². The number of amides is 1. The minimum atomic E-state index is -0.00903. The first kappa shape index (κ1) is 15.1. The average molecular weight is 354 g/mol. The smallest absolute Gasteiger partial charge is 0.257 e. The van der Waals surface area contributed by atoms with Crippen molar-refractivity contribution in [1.82, 2.24) is 4.90 Å². The molecule has 2 aromatic rings. The van der Waals surface area contributed by atoms with E-state index >= 15 is 0 Å². The molecular weight excluding hydrogens is 338 g/mol. The highest BCUT2D eigenvalue weighted by atomic mass is 79.9. The second-order valence-corrected chi connectivity index (χ2v) is 6.19. The minimum absolute atomic E-state index is 0.00903. The lowest BCUT2D eigenvalue weighted by Crippen LogP contribution is -2.30. The number of rotatable bonds is 5. The number of carbonyl (C=O) groups is 1. The van der Waals surface area contributed by atoms with Crippen LogP contribution in [0.5, 0.6) is 5.75 Å². The molecule has 0 fully saturated rings. The molecule has 0 aliphatic heterocycles. The van der Waals surface area contributed by atoms with Crippen LogP contribution in [0.1, 0.15) is 22.2 Å². The lowest BCUT2D eigenvalue weighted by molar-refractivity contribution is 0.0751. The largest absolute Gasteiger partial charge is 0.496 e. The van der Waals surface area contributed by atoms with Crippen LogP contribution in [0.3, 0.4) is 0 Å². The van der Waals surface area contributed by atoms with Gasteiger partial charge in [-0.05, 0) is 36.6 Å². The summed E-state index contributed by atoms with van der Waals surface area (Å²) in [7, 11) is 1.58. The normalized spacial score (nSPS) is 10.3. The summed E-state index contributed by atoms with van der Waals surface area (Å²) < 4.78 is 6.20. The van der Waals surface area contributed by atoms with E-state index in [1.54, 1.807) is 24.5 Å². The molecule has 3 nitrogen and oxygen atoms in total. The predicted molar refractivity (Wildman–Crippen MR) is 85.4 cm³/mol. The van der Waals surface area contributed by atoms with Gasteiger partial charge in [0.25, 0.3) is 5.91 Å². The van der Waals surface area contributed by atoms with Crippen LogP contribution in [-0.4, -0.2) is 24.5 Å². The third-order valence-electron chi connectivity index (χ3n) is 2.99. The van der Waals surface area contributed by atoms with Crippen molar-refractivity contribution >= 4 is 33.2 Å². The second-order valence-electron chi connectivity index (χ2n) is 4.24. The Hall–Kier alpha value is -1.33. The summed E-state index contributed by atoms with van der Waals surface area (Å²) >= 11 is 5.04. The van der Waals surface area contributed by atoms with Crippen LogP contribution in [0.15, 0.2) is 40.2 Å². The van der Waals surface area contributed by atoms with E-state index in [2.05, 4.69) is 15.9 Å². The Bertz CT molecular complexity index is 584. The Kier molecular flexibility index (Phi) is 5.20. The molecule has 0 atom stereocenters. The maximum absolute atomic E-state index is 12.6. The topological polar surface area (TPSA) is 29.5 Å². The van der Waals surface area contributed by atoms with Crippen LogP contribution in [0.2, 0.25) is 0 Å². The number of nitrogens with zero attached hydrogens (tertiary/aromatic N) is 1. The third kappa shape index (κ3) is 3.41. The van der Waals surface area contributed by atoms with Gasteiger partial charge in [0.1, 0.15) is 5.75 Å². The first-order chi connectivity index (χ1) is 9.65. The maximum Gasteiger partial charge on any atom is 0.257 e. The summed E-state index contributed by atoms with van der Waals surface area (Å²) in [5, 5.41) is 2.02. The number of hydrogen-bond donors (Lipinski definition) is 0. The number of thiophene rings is 1. The lowest BCUT2D eigenvalue weighted by Gasteiger charge is -2.21. The number of hydrogen-bond acceptors (Lipinski definition) is 3. The highest BCUT2D eigenvalue weighted by Crippen LogP contribution is 2.25. The van der Waals surface area contributed by atoms with Gasteiger partial charge in [-0.3, -0.25) is 4.79 Å². The van der Waals surface area contributed by atoms with Crippen LogP contribution in [0.25, 0.3) is 0 Å². The number of halogens is 1. The molecule has 0 bridgehead atoms. The third-order valence-corrected chi connectivity index (χ3v) is 4.34. The fourth-order valence-corrected chi connectivity index (χ4v) is 2.99. The average Bonchev–Trinajstić information content (AvgIpc) is 2.96. The van der Waals surface area contributed by atoms with E-state index in [1.165, 1.54) is 4.88 Å². The molecule has 5 heteroatoms. The monoisotopic (exact) mass is 353 g/mol. The molecule has 0 saturated heterocycles.